The molecule has 9 nitrogen and oxygen atoms in total. The Balaban J connectivity index is 1.73. The van der Waals surface area contributed by atoms with Crippen LogP contribution in [-0.2, 0) is 10.0 Å². The van der Waals surface area contributed by atoms with Crippen LogP contribution in [0.5, 0.6) is 0 Å². The number of hydrogen-bond acceptors (Lipinski definition) is 7. The number of hydrogen-bond donors (Lipinski definition) is 2. The highest BCUT2D eigenvalue weighted by Crippen LogP contribution is 2.29. The lowest BCUT2D eigenvalue weighted by Gasteiger charge is -2.37. The zero-order chi connectivity index (χ0) is 24.2. The van der Waals surface area contributed by atoms with E-state index >= 15 is 0 Å². The Kier molecular flexibility index (Phi) is 7.93. The van der Waals surface area contributed by atoms with Crippen LogP contribution in [0.2, 0.25) is 0 Å². The molecule has 1 fully saturated rings. The molecule has 1 heterocycles. The molecular formula is C23H33N5O4S. The van der Waals surface area contributed by atoms with Gasteiger partial charge in [0.2, 0.25) is 0 Å². The fourth-order valence-corrected chi connectivity index (χ4v) is 5.17. The SMILES string of the molecule is CCN1CCN(C(C)CNc2ccc(S(=O)(=O)Nc3ccc(C)cc3C)cc2[N+](=O)[O-])CC1. The van der Waals surface area contributed by atoms with Gasteiger partial charge in [-0.1, -0.05) is 24.6 Å². The first-order valence-electron chi connectivity index (χ1n) is 11.2. The first-order valence-corrected chi connectivity index (χ1v) is 12.7. The van der Waals surface area contributed by atoms with Gasteiger partial charge < -0.3 is 10.2 Å². The van der Waals surface area contributed by atoms with Crippen molar-refractivity contribution in [1.29, 1.82) is 0 Å². The summed E-state index contributed by atoms with van der Waals surface area (Å²) in [6, 6.07) is 9.54. The van der Waals surface area contributed by atoms with Crippen molar-refractivity contribution in [3.63, 3.8) is 0 Å². The van der Waals surface area contributed by atoms with Crippen molar-refractivity contribution in [3.8, 4) is 0 Å². The van der Waals surface area contributed by atoms with E-state index in [1.54, 1.807) is 6.07 Å². The summed E-state index contributed by atoms with van der Waals surface area (Å²) < 4.78 is 28.3. The van der Waals surface area contributed by atoms with Crippen LogP contribution >= 0.6 is 0 Å². The van der Waals surface area contributed by atoms with E-state index in [-0.39, 0.29) is 16.6 Å². The van der Waals surface area contributed by atoms with Crippen LogP contribution in [0.1, 0.15) is 25.0 Å². The highest BCUT2D eigenvalue weighted by atomic mass is 32.2. The van der Waals surface area contributed by atoms with Gasteiger partial charge in [-0.25, -0.2) is 8.42 Å². The molecule has 0 saturated carbocycles. The fourth-order valence-electron chi connectivity index (χ4n) is 4.02. The van der Waals surface area contributed by atoms with Crippen molar-refractivity contribution >= 4 is 27.1 Å². The molecule has 0 bridgehead atoms. The van der Waals surface area contributed by atoms with E-state index in [9.17, 15) is 18.5 Å². The van der Waals surface area contributed by atoms with Crippen LogP contribution in [0.4, 0.5) is 17.1 Å². The van der Waals surface area contributed by atoms with Crippen LogP contribution in [0, 0.1) is 24.0 Å². The summed E-state index contributed by atoms with van der Waals surface area (Å²) >= 11 is 0. The molecule has 0 spiro atoms. The normalized spacial score (nSPS) is 16.4. The highest BCUT2D eigenvalue weighted by molar-refractivity contribution is 7.92. The smallest absolute Gasteiger partial charge is 0.293 e. The van der Waals surface area contributed by atoms with Crippen LogP contribution in [-0.4, -0.2) is 68.5 Å². The Morgan fingerprint density at radius 1 is 1.06 bits per heavy atom. The summed E-state index contributed by atoms with van der Waals surface area (Å²) in [4.78, 5) is 15.8. The van der Waals surface area contributed by atoms with E-state index in [0.29, 0.717) is 17.9 Å². The lowest BCUT2D eigenvalue weighted by atomic mass is 10.1. The topological polar surface area (TPSA) is 108 Å². The van der Waals surface area contributed by atoms with Gasteiger partial charge in [0.25, 0.3) is 15.7 Å². The molecule has 1 aliphatic rings. The third-order valence-corrected chi connectivity index (χ3v) is 7.53. The van der Waals surface area contributed by atoms with Crippen LogP contribution in [0.15, 0.2) is 41.3 Å². The second-order valence-electron chi connectivity index (χ2n) is 8.56. The number of sulfonamides is 1. The molecule has 0 aromatic heterocycles. The Hall–Kier alpha value is -2.69. The third kappa shape index (κ3) is 6.21. The molecule has 1 saturated heterocycles. The first kappa shape index (κ1) is 24.9. The maximum Gasteiger partial charge on any atom is 0.293 e. The summed E-state index contributed by atoms with van der Waals surface area (Å²) in [7, 11) is -3.97. The van der Waals surface area contributed by atoms with Crippen LogP contribution in [0.3, 0.4) is 0 Å². The lowest BCUT2D eigenvalue weighted by molar-refractivity contribution is -0.384. The van der Waals surface area contributed by atoms with Gasteiger partial charge in [0.15, 0.2) is 0 Å². The van der Waals surface area contributed by atoms with Crippen molar-refractivity contribution in [1.82, 2.24) is 9.80 Å². The van der Waals surface area contributed by atoms with Gasteiger partial charge >= 0.3 is 0 Å². The van der Waals surface area contributed by atoms with E-state index in [2.05, 4.69) is 33.7 Å². The van der Waals surface area contributed by atoms with Gasteiger partial charge in [-0.05, 0) is 51.1 Å². The number of rotatable bonds is 9. The number of nitro groups is 1. The number of benzene rings is 2. The number of piperazine rings is 1. The number of likely N-dealkylation sites (N-methyl/N-ethyl adjacent to an activating group) is 1. The largest absolute Gasteiger partial charge is 0.378 e. The van der Waals surface area contributed by atoms with E-state index in [1.165, 1.54) is 12.1 Å². The van der Waals surface area contributed by atoms with E-state index in [1.807, 2.05) is 26.0 Å². The summed E-state index contributed by atoms with van der Waals surface area (Å²) in [5.41, 5.74) is 2.29. The minimum absolute atomic E-state index is 0.150. The molecule has 33 heavy (non-hydrogen) atoms. The summed E-state index contributed by atoms with van der Waals surface area (Å²) in [5, 5.41) is 14.8. The molecule has 0 radical (unpaired) electrons. The molecule has 180 valence electrons. The molecule has 1 atom stereocenters. The van der Waals surface area contributed by atoms with Gasteiger partial charge in [-0.15, -0.1) is 0 Å². The van der Waals surface area contributed by atoms with Gasteiger partial charge in [0, 0.05) is 44.8 Å². The average Bonchev–Trinajstić information content (AvgIpc) is 2.79. The molecule has 0 amide bonds. The zero-order valence-electron chi connectivity index (χ0n) is 19.7. The first-order chi connectivity index (χ1) is 15.6. The van der Waals surface area contributed by atoms with Crippen molar-refractivity contribution < 1.29 is 13.3 Å². The maximum absolute atomic E-state index is 12.9. The lowest BCUT2D eigenvalue weighted by Crippen LogP contribution is -2.51. The highest BCUT2D eigenvalue weighted by Gasteiger charge is 2.24. The number of nitro benzene ring substituents is 1. The zero-order valence-corrected chi connectivity index (χ0v) is 20.5. The molecule has 1 unspecified atom stereocenters. The molecule has 2 N–H and O–H groups in total. The Bertz CT molecular complexity index is 1100. The number of nitrogens with zero attached hydrogens (tertiary/aromatic N) is 3. The Morgan fingerprint density at radius 2 is 1.73 bits per heavy atom. The molecule has 2 aromatic rings. The molecule has 0 aliphatic carbocycles. The third-order valence-electron chi connectivity index (χ3n) is 6.17. The Labute approximate surface area is 196 Å². The monoisotopic (exact) mass is 475 g/mol. The van der Waals surface area contributed by atoms with E-state index in [0.717, 1.165) is 49.9 Å². The standard InChI is InChI=1S/C23H33N5O4S/c1-5-26-10-12-27(13-11-26)19(4)16-24-22-9-7-20(15-23(22)28(29)30)33(31,32)25-21-8-6-17(2)14-18(21)3/h6-9,14-15,19,24-25H,5,10-13,16H2,1-4H3. The molecule has 3 rings (SSSR count). The van der Waals surface area contributed by atoms with Crippen molar-refractivity contribution in [2.45, 2.75) is 38.6 Å². The van der Waals surface area contributed by atoms with Gasteiger partial charge in [0.05, 0.1) is 15.5 Å². The van der Waals surface area contributed by atoms with Gasteiger partial charge in [-0.2, -0.15) is 0 Å². The second kappa shape index (κ2) is 10.5. The fraction of sp³-hybridized carbons (Fsp3) is 0.478. The van der Waals surface area contributed by atoms with Crippen molar-refractivity contribution in [3.05, 3.63) is 57.6 Å². The Morgan fingerprint density at radius 3 is 2.33 bits per heavy atom. The number of nitrogens with one attached hydrogen (secondary N) is 2. The number of anilines is 2. The summed E-state index contributed by atoms with van der Waals surface area (Å²) in [6.07, 6.45) is 0. The predicted molar refractivity (Wildman–Crippen MR) is 131 cm³/mol. The number of aryl methyl sites for hydroxylation is 2. The minimum Gasteiger partial charge on any atom is -0.378 e. The van der Waals surface area contributed by atoms with Gasteiger partial charge in [0.1, 0.15) is 5.69 Å². The maximum atomic E-state index is 12.9. The van der Waals surface area contributed by atoms with Crippen molar-refractivity contribution in [2.75, 3.05) is 49.3 Å². The molecule has 1 aliphatic heterocycles. The van der Waals surface area contributed by atoms with Crippen LogP contribution in [0.25, 0.3) is 0 Å². The summed E-state index contributed by atoms with van der Waals surface area (Å²) in [5.74, 6) is 0. The minimum atomic E-state index is -3.97. The van der Waals surface area contributed by atoms with Crippen molar-refractivity contribution in [2.24, 2.45) is 0 Å². The van der Waals surface area contributed by atoms with Gasteiger partial charge in [-0.3, -0.25) is 19.7 Å². The second-order valence-corrected chi connectivity index (χ2v) is 10.2. The average molecular weight is 476 g/mol. The van der Waals surface area contributed by atoms with Crippen LogP contribution < -0.4 is 10.0 Å². The quantitative estimate of drug-likeness (QED) is 0.422. The summed E-state index contributed by atoms with van der Waals surface area (Å²) in [6.45, 7) is 13.5. The van der Waals surface area contributed by atoms with E-state index < -0.39 is 14.9 Å². The molecule has 2 aromatic carbocycles. The molecular weight excluding hydrogens is 442 g/mol. The van der Waals surface area contributed by atoms with E-state index in [4.69, 9.17) is 0 Å². The predicted octanol–water partition coefficient (Wildman–Crippen LogP) is 3.45. The molecule has 10 heteroatoms.